The number of amides is 1. The second-order valence-corrected chi connectivity index (χ2v) is 4.73. The lowest BCUT2D eigenvalue weighted by Crippen LogP contribution is -2.44. The zero-order valence-electron chi connectivity index (χ0n) is 9.93. The number of ether oxygens (including phenoxy) is 1. The maximum Gasteiger partial charge on any atom is 0.229 e. The molecule has 2 atom stereocenters. The van der Waals surface area contributed by atoms with Crippen molar-refractivity contribution in [2.45, 2.75) is 31.4 Å². The van der Waals surface area contributed by atoms with Crippen LogP contribution in [0.3, 0.4) is 0 Å². The Morgan fingerprint density at radius 3 is 3.00 bits per heavy atom. The highest BCUT2D eigenvalue weighted by Gasteiger charge is 2.55. The van der Waals surface area contributed by atoms with Gasteiger partial charge in [0.05, 0.1) is 12.8 Å². The molecule has 1 N–H and O–H groups in total. The summed E-state index contributed by atoms with van der Waals surface area (Å²) in [7, 11) is 1.58. The van der Waals surface area contributed by atoms with Crippen molar-refractivity contribution in [2.75, 3.05) is 12.0 Å². The Hall–Kier alpha value is -1.55. The SMILES string of the molecule is COc1cccc2c1N1C(=O)CC[C@@]1(O)[C@@H]2C. The summed E-state index contributed by atoms with van der Waals surface area (Å²) in [5.41, 5.74) is 0.668. The second-order valence-electron chi connectivity index (χ2n) is 4.73. The van der Waals surface area contributed by atoms with Gasteiger partial charge in [-0.3, -0.25) is 9.69 Å². The summed E-state index contributed by atoms with van der Waals surface area (Å²) in [4.78, 5) is 13.5. The van der Waals surface area contributed by atoms with E-state index in [9.17, 15) is 9.90 Å². The second kappa shape index (κ2) is 3.23. The standard InChI is InChI=1S/C13H15NO3/c1-8-9-4-3-5-10(17-2)12(9)14-11(15)6-7-13(8,14)16/h3-5,8,16H,6-7H2,1-2H3/t8-,13-/m1/s1. The van der Waals surface area contributed by atoms with E-state index in [1.54, 1.807) is 7.11 Å². The molecule has 1 fully saturated rings. The molecule has 0 saturated carbocycles. The van der Waals surface area contributed by atoms with Crippen LogP contribution >= 0.6 is 0 Å². The number of carbonyl (C=O) groups excluding carboxylic acids is 1. The van der Waals surface area contributed by atoms with Gasteiger partial charge in [0.25, 0.3) is 0 Å². The van der Waals surface area contributed by atoms with E-state index >= 15 is 0 Å². The predicted molar refractivity (Wildman–Crippen MR) is 63.1 cm³/mol. The molecule has 0 bridgehead atoms. The normalized spacial score (nSPS) is 30.4. The summed E-state index contributed by atoms with van der Waals surface area (Å²) in [6.07, 6.45) is 0.892. The van der Waals surface area contributed by atoms with Crippen LogP contribution in [0.15, 0.2) is 18.2 Å². The maximum atomic E-state index is 11.9. The van der Waals surface area contributed by atoms with Crippen LogP contribution in [-0.4, -0.2) is 23.8 Å². The number of rotatable bonds is 1. The van der Waals surface area contributed by atoms with Gasteiger partial charge in [-0.15, -0.1) is 0 Å². The van der Waals surface area contributed by atoms with Crippen LogP contribution in [0.25, 0.3) is 0 Å². The largest absolute Gasteiger partial charge is 0.495 e. The summed E-state index contributed by atoms with van der Waals surface area (Å²) in [6.45, 7) is 1.96. The summed E-state index contributed by atoms with van der Waals surface area (Å²) < 4.78 is 5.30. The molecule has 1 aromatic carbocycles. The highest BCUT2D eigenvalue weighted by atomic mass is 16.5. The summed E-state index contributed by atoms with van der Waals surface area (Å²) in [5, 5.41) is 10.7. The molecule has 0 aromatic heterocycles. The lowest BCUT2D eigenvalue weighted by atomic mass is 9.92. The molecule has 0 radical (unpaired) electrons. The first-order valence-corrected chi connectivity index (χ1v) is 5.82. The van der Waals surface area contributed by atoms with Crippen molar-refractivity contribution in [3.63, 3.8) is 0 Å². The minimum Gasteiger partial charge on any atom is -0.495 e. The molecule has 3 rings (SSSR count). The maximum absolute atomic E-state index is 11.9. The van der Waals surface area contributed by atoms with E-state index in [1.807, 2.05) is 25.1 Å². The highest BCUT2D eigenvalue weighted by molar-refractivity contribution is 6.01. The molecule has 4 heteroatoms. The number of methoxy groups -OCH3 is 1. The Balaban J connectivity index is 2.25. The van der Waals surface area contributed by atoms with Crippen LogP contribution in [0.4, 0.5) is 5.69 Å². The van der Waals surface area contributed by atoms with E-state index in [-0.39, 0.29) is 11.8 Å². The zero-order valence-corrected chi connectivity index (χ0v) is 9.93. The molecule has 90 valence electrons. The number of hydrogen-bond acceptors (Lipinski definition) is 3. The van der Waals surface area contributed by atoms with Gasteiger partial charge in [0.1, 0.15) is 5.75 Å². The number of hydrogen-bond donors (Lipinski definition) is 1. The molecular formula is C13H15NO3. The molecule has 1 aromatic rings. The fraction of sp³-hybridized carbons (Fsp3) is 0.462. The van der Waals surface area contributed by atoms with E-state index in [4.69, 9.17) is 4.74 Å². The van der Waals surface area contributed by atoms with Gasteiger partial charge in [-0.1, -0.05) is 19.1 Å². The van der Waals surface area contributed by atoms with Crippen LogP contribution < -0.4 is 9.64 Å². The highest BCUT2D eigenvalue weighted by Crippen LogP contribution is 2.54. The number of nitrogens with zero attached hydrogens (tertiary/aromatic N) is 1. The molecular weight excluding hydrogens is 218 g/mol. The lowest BCUT2D eigenvalue weighted by molar-refractivity contribution is -0.118. The minimum absolute atomic E-state index is 0.0254. The third-order valence-electron chi connectivity index (χ3n) is 3.98. The Morgan fingerprint density at radius 2 is 2.29 bits per heavy atom. The fourth-order valence-corrected chi connectivity index (χ4v) is 3.00. The topological polar surface area (TPSA) is 49.8 Å². The van der Waals surface area contributed by atoms with Gasteiger partial charge >= 0.3 is 0 Å². The fourth-order valence-electron chi connectivity index (χ4n) is 3.00. The van der Waals surface area contributed by atoms with E-state index in [2.05, 4.69) is 0 Å². The Kier molecular flexibility index (Phi) is 2.01. The summed E-state index contributed by atoms with van der Waals surface area (Å²) in [6, 6.07) is 5.67. The minimum atomic E-state index is -1.06. The van der Waals surface area contributed by atoms with Gasteiger partial charge in [-0.05, 0) is 11.6 Å². The molecule has 1 amide bonds. The molecule has 4 nitrogen and oxygen atoms in total. The van der Waals surface area contributed by atoms with Crippen molar-refractivity contribution >= 4 is 11.6 Å². The average Bonchev–Trinajstić information content (AvgIpc) is 2.75. The van der Waals surface area contributed by atoms with Crippen molar-refractivity contribution in [3.8, 4) is 5.75 Å². The van der Waals surface area contributed by atoms with E-state index in [0.29, 0.717) is 18.6 Å². The summed E-state index contributed by atoms with van der Waals surface area (Å²) >= 11 is 0. The third-order valence-corrected chi connectivity index (χ3v) is 3.98. The number of anilines is 1. The van der Waals surface area contributed by atoms with Gasteiger partial charge < -0.3 is 9.84 Å². The van der Waals surface area contributed by atoms with Crippen molar-refractivity contribution in [1.29, 1.82) is 0 Å². The zero-order chi connectivity index (χ0) is 12.2. The Bertz CT molecular complexity index is 499. The van der Waals surface area contributed by atoms with Crippen LogP contribution in [-0.2, 0) is 4.79 Å². The first kappa shape index (κ1) is 10.6. The van der Waals surface area contributed by atoms with Crippen LogP contribution in [0.2, 0.25) is 0 Å². The molecule has 2 aliphatic rings. The van der Waals surface area contributed by atoms with Crippen molar-refractivity contribution < 1.29 is 14.6 Å². The summed E-state index contributed by atoms with van der Waals surface area (Å²) in [5.74, 6) is 0.558. The van der Waals surface area contributed by atoms with E-state index in [1.165, 1.54) is 4.90 Å². The Labute approximate surface area is 99.8 Å². The first-order valence-electron chi connectivity index (χ1n) is 5.82. The van der Waals surface area contributed by atoms with Crippen molar-refractivity contribution in [3.05, 3.63) is 23.8 Å². The van der Waals surface area contributed by atoms with E-state index < -0.39 is 5.72 Å². The van der Waals surface area contributed by atoms with Gasteiger partial charge in [0.15, 0.2) is 5.72 Å². The lowest BCUT2D eigenvalue weighted by Gasteiger charge is -2.30. The number of benzene rings is 1. The Morgan fingerprint density at radius 1 is 1.53 bits per heavy atom. The van der Waals surface area contributed by atoms with Gasteiger partial charge in [-0.2, -0.15) is 0 Å². The number of para-hydroxylation sites is 1. The van der Waals surface area contributed by atoms with Crippen LogP contribution in [0.5, 0.6) is 5.75 Å². The number of aliphatic hydroxyl groups is 1. The molecule has 2 heterocycles. The van der Waals surface area contributed by atoms with Crippen molar-refractivity contribution in [2.24, 2.45) is 0 Å². The quantitative estimate of drug-likeness (QED) is 0.802. The molecule has 0 unspecified atom stereocenters. The number of fused-ring (bicyclic) bond motifs is 3. The van der Waals surface area contributed by atoms with E-state index in [0.717, 1.165) is 11.3 Å². The predicted octanol–water partition coefficient (Wildman–Crippen LogP) is 1.63. The third kappa shape index (κ3) is 1.13. The molecule has 2 aliphatic heterocycles. The van der Waals surface area contributed by atoms with Crippen LogP contribution in [0, 0.1) is 0 Å². The molecule has 1 saturated heterocycles. The molecule has 17 heavy (non-hydrogen) atoms. The number of carbonyl (C=O) groups is 1. The smallest absolute Gasteiger partial charge is 0.229 e. The average molecular weight is 233 g/mol. The first-order chi connectivity index (χ1) is 8.09. The molecule has 0 spiro atoms. The van der Waals surface area contributed by atoms with Crippen molar-refractivity contribution in [1.82, 2.24) is 0 Å². The van der Waals surface area contributed by atoms with Gasteiger partial charge in [0, 0.05) is 18.8 Å². The van der Waals surface area contributed by atoms with Gasteiger partial charge in [0.2, 0.25) is 5.91 Å². The van der Waals surface area contributed by atoms with Gasteiger partial charge in [-0.25, -0.2) is 0 Å². The molecule has 0 aliphatic carbocycles. The monoisotopic (exact) mass is 233 g/mol. The van der Waals surface area contributed by atoms with Crippen LogP contribution in [0.1, 0.15) is 31.2 Å².